The molecule has 1 fully saturated rings. The van der Waals surface area contributed by atoms with Crippen LogP contribution in [0.5, 0.6) is 0 Å². The third-order valence-electron chi connectivity index (χ3n) is 2.07. The van der Waals surface area contributed by atoms with Crippen LogP contribution in [0.15, 0.2) is 0 Å². The Morgan fingerprint density at radius 1 is 1.50 bits per heavy atom. The monoisotopic (exact) mass is 229 g/mol. The molecule has 1 heterocycles. The minimum atomic E-state index is -1.10. The van der Waals surface area contributed by atoms with E-state index in [1.165, 1.54) is 0 Å². The van der Waals surface area contributed by atoms with Gasteiger partial charge in [0.1, 0.15) is 11.6 Å². The maximum Gasteiger partial charge on any atom is 0.411 e. The van der Waals surface area contributed by atoms with Crippen molar-refractivity contribution in [3.05, 3.63) is 0 Å². The van der Waals surface area contributed by atoms with Crippen molar-refractivity contribution in [2.75, 3.05) is 6.54 Å². The van der Waals surface area contributed by atoms with Gasteiger partial charge in [0.15, 0.2) is 5.78 Å². The second-order valence-corrected chi connectivity index (χ2v) is 4.69. The van der Waals surface area contributed by atoms with Crippen molar-refractivity contribution >= 4 is 17.8 Å². The Morgan fingerprint density at radius 3 is 2.44 bits per heavy atom. The number of hydrogen-bond acceptors (Lipinski definition) is 4. The van der Waals surface area contributed by atoms with E-state index in [4.69, 9.17) is 9.84 Å². The van der Waals surface area contributed by atoms with Gasteiger partial charge in [-0.3, -0.25) is 14.5 Å². The van der Waals surface area contributed by atoms with Gasteiger partial charge in [0.2, 0.25) is 0 Å². The number of carboxylic acid groups (broad SMARTS) is 1. The number of ether oxygens (including phenoxy) is 1. The molecule has 1 unspecified atom stereocenters. The van der Waals surface area contributed by atoms with Gasteiger partial charge in [0.25, 0.3) is 0 Å². The van der Waals surface area contributed by atoms with E-state index >= 15 is 0 Å². The first-order valence-electron chi connectivity index (χ1n) is 4.95. The van der Waals surface area contributed by atoms with Crippen LogP contribution in [-0.2, 0) is 14.3 Å². The van der Waals surface area contributed by atoms with Crippen LogP contribution in [0.25, 0.3) is 0 Å². The van der Waals surface area contributed by atoms with E-state index in [1.54, 1.807) is 20.8 Å². The standard InChI is InChI=1S/C10H15NO5/c1-10(2,3)16-9(15)11-5-7(12)6(11)4-8(13)14/h6H,4-5H2,1-3H3,(H,13,14). The highest BCUT2D eigenvalue weighted by Crippen LogP contribution is 2.20. The van der Waals surface area contributed by atoms with Crippen molar-refractivity contribution in [3.8, 4) is 0 Å². The molecule has 0 saturated carbocycles. The number of carbonyl (C=O) groups excluding carboxylic acids is 2. The van der Waals surface area contributed by atoms with Gasteiger partial charge in [-0.05, 0) is 20.8 Å². The fourth-order valence-corrected chi connectivity index (χ4v) is 1.35. The van der Waals surface area contributed by atoms with Crippen molar-refractivity contribution in [2.24, 2.45) is 0 Å². The number of aliphatic carboxylic acids is 1. The average molecular weight is 229 g/mol. The quantitative estimate of drug-likeness (QED) is 0.751. The lowest BCUT2D eigenvalue weighted by molar-refractivity contribution is -0.146. The highest BCUT2D eigenvalue weighted by Gasteiger charge is 2.43. The molecule has 0 bridgehead atoms. The summed E-state index contributed by atoms with van der Waals surface area (Å²) >= 11 is 0. The third-order valence-corrected chi connectivity index (χ3v) is 2.07. The van der Waals surface area contributed by atoms with Crippen molar-refractivity contribution < 1.29 is 24.2 Å². The zero-order chi connectivity index (χ0) is 12.5. The largest absolute Gasteiger partial charge is 0.481 e. The van der Waals surface area contributed by atoms with Gasteiger partial charge in [-0.25, -0.2) is 4.79 Å². The zero-order valence-electron chi connectivity index (χ0n) is 9.52. The number of carboxylic acids is 1. The number of ketones is 1. The molecule has 0 aromatic rings. The molecule has 90 valence electrons. The van der Waals surface area contributed by atoms with Crippen LogP contribution in [0.2, 0.25) is 0 Å². The predicted molar refractivity (Wildman–Crippen MR) is 54.0 cm³/mol. The summed E-state index contributed by atoms with van der Waals surface area (Å²) in [4.78, 5) is 34.3. The number of nitrogens with zero attached hydrogens (tertiary/aromatic N) is 1. The zero-order valence-corrected chi connectivity index (χ0v) is 9.52. The number of amides is 1. The van der Waals surface area contributed by atoms with Crippen LogP contribution >= 0.6 is 0 Å². The maximum absolute atomic E-state index is 11.5. The second kappa shape index (κ2) is 4.11. The van der Waals surface area contributed by atoms with Gasteiger partial charge in [0, 0.05) is 0 Å². The Balaban J connectivity index is 2.58. The minimum Gasteiger partial charge on any atom is -0.481 e. The molecule has 16 heavy (non-hydrogen) atoms. The van der Waals surface area contributed by atoms with Crippen LogP contribution in [-0.4, -0.2) is 46.0 Å². The third kappa shape index (κ3) is 2.95. The number of carbonyl (C=O) groups is 3. The van der Waals surface area contributed by atoms with Crippen molar-refractivity contribution in [1.29, 1.82) is 0 Å². The molecule has 1 saturated heterocycles. The van der Waals surface area contributed by atoms with E-state index in [0.29, 0.717) is 0 Å². The molecule has 1 aliphatic heterocycles. The van der Waals surface area contributed by atoms with Gasteiger partial charge < -0.3 is 9.84 Å². The topological polar surface area (TPSA) is 83.9 Å². The fraction of sp³-hybridized carbons (Fsp3) is 0.700. The SMILES string of the molecule is CC(C)(C)OC(=O)N1CC(=O)C1CC(=O)O. The van der Waals surface area contributed by atoms with Crippen molar-refractivity contribution in [3.63, 3.8) is 0 Å². The fourth-order valence-electron chi connectivity index (χ4n) is 1.35. The van der Waals surface area contributed by atoms with E-state index < -0.39 is 23.7 Å². The van der Waals surface area contributed by atoms with Crippen LogP contribution in [0.1, 0.15) is 27.2 Å². The molecule has 6 heteroatoms. The number of Topliss-reactive ketones (excluding diaryl/α,β-unsaturated/α-hetero) is 1. The maximum atomic E-state index is 11.5. The van der Waals surface area contributed by atoms with Gasteiger partial charge in [-0.15, -0.1) is 0 Å². The summed E-state index contributed by atoms with van der Waals surface area (Å²) in [5.41, 5.74) is -0.649. The summed E-state index contributed by atoms with van der Waals surface area (Å²) < 4.78 is 5.04. The number of likely N-dealkylation sites (tertiary alicyclic amines) is 1. The van der Waals surface area contributed by atoms with E-state index in [1.807, 2.05) is 0 Å². The Morgan fingerprint density at radius 2 is 2.06 bits per heavy atom. The summed E-state index contributed by atoms with van der Waals surface area (Å²) in [6.07, 6.45) is -1.00. The summed E-state index contributed by atoms with van der Waals surface area (Å²) in [5, 5.41) is 8.57. The number of rotatable bonds is 2. The second-order valence-electron chi connectivity index (χ2n) is 4.69. The Labute approximate surface area is 93.2 Å². The Kier molecular flexibility index (Phi) is 3.21. The smallest absolute Gasteiger partial charge is 0.411 e. The molecule has 6 nitrogen and oxygen atoms in total. The van der Waals surface area contributed by atoms with Crippen LogP contribution in [0.3, 0.4) is 0 Å². The van der Waals surface area contributed by atoms with E-state index in [-0.39, 0.29) is 18.7 Å². The average Bonchev–Trinajstić information content (AvgIpc) is 2.07. The molecule has 0 aromatic heterocycles. The molecule has 1 amide bonds. The van der Waals surface area contributed by atoms with Crippen LogP contribution in [0, 0.1) is 0 Å². The lowest BCUT2D eigenvalue weighted by Crippen LogP contribution is -2.60. The highest BCUT2D eigenvalue weighted by molar-refractivity contribution is 5.99. The lowest BCUT2D eigenvalue weighted by Gasteiger charge is -2.38. The van der Waals surface area contributed by atoms with Crippen LogP contribution < -0.4 is 0 Å². The normalized spacial score (nSPS) is 20.3. The minimum absolute atomic E-state index is 0.0626. The summed E-state index contributed by atoms with van der Waals surface area (Å²) in [6.45, 7) is 5.06. The van der Waals surface area contributed by atoms with E-state index in [9.17, 15) is 14.4 Å². The summed E-state index contributed by atoms with van der Waals surface area (Å²) in [5.74, 6) is -1.35. The van der Waals surface area contributed by atoms with Crippen molar-refractivity contribution in [2.45, 2.75) is 38.8 Å². The van der Waals surface area contributed by atoms with Gasteiger partial charge >= 0.3 is 12.1 Å². The van der Waals surface area contributed by atoms with Gasteiger partial charge in [-0.2, -0.15) is 0 Å². The molecular weight excluding hydrogens is 214 g/mol. The van der Waals surface area contributed by atoms with Gasteiger partial charge in [0.05, 0.1) is 13.0 Å². The molecule has 0 aliphatic carbocycles. The summed E-state index contributed by atoms with van der Waals surface area (Å²) in [7, 11) is 0. The van der Waals surface area contributed by atoms with Crippen molar-refractivity contribution in [1.82, 2.24) is 4.90 Å². The molecular formula is C10H15NO5. The molecule has 0 spiro atoms. The molecule has 1 N–H and O–H groups in total. The Hall–Kier alpha value is -1.59. The predicted octanol–water partition coefficient (Wildman–Crippen LogP) is 0.650. The van der Waals surface area contributed by atoms with Gasteiger partial charge in [-0.1, -0.05) is 0 Å². The molecule has 0 radical (unpaired) electrons. The van der Waals surface area contributed by atoms with Crippen LogP contribution in [0.4, 0.5) is 4.79 Å². The first kappa shape index (κ1) is 12.5. The highest BCUT2D eigenvalue weighted by atomic mass is 16.6. The molecule has 1 aliphatic rings. The first-order chi connectivity index (χ1) is 7.20. The van der Waals surface area contributed by atoms with E-state index in [2.05, 4.69) is 0 Å². The number of hydrogen-bond donors (Lipinski definition) is 1. The summed E-state index contributed by atoms with van der Waals surface area (Å²) in [6, 6.07) is -0.868. The Bertz CT molecular complexity index is 331. The molecule has 0 aromatic carbocycles. The molecule has 1 rings (SSSR count). The van der Waals surface area contributed by atoms with E-state index in [0.717, 1.165) is 4.90 Å². The lowest BCUT2D eigenvalue weighted by atomic mass is 9.99. The molecule has 1 atom stereocenters. The first-order valence-corrected chi connectivity index (χ1v) is 4.95.